The lowest BCUT2D eigenvalue weighted by Crippen LogP contribution is -2.36. The number of nitrogens with two attached hydrogens (primary N) is 1. The summed E-state index contributed by atoms with van der Waals surface area (Å²) in [7, 11) is 0. The van der Waals surface area contributed by atoms with Crippen molar-refractivity contribution in [1.82, 2.24) is 0 Å². The minimum atomic E-state index is -0.131. The van der Waals surface area contributed by atoms with Crippen molar-refractivity contribution in [3.05, 3.63) is 29.8 Å². The van der Waals surface area contributed by atoms with E-state index in [4.69, 9.17) is 10.5 Å². The van der Waals surface area contributed by atoms with Crippen LogP contribution >= 0.6 is 0 Å². The Morgan fingerprint density at radius 1 is 1.21 bits per heavy atom. The summed E-state index contributed by atoms with van der Waals surface area (Å²) >= 11 is 0. The van der Waals surface area contributed by atoms with Crippen molar-refractivity contribution in [2.24, 2.45) is 11.7 Å². The van der Waals surface area contributed by atoms with Crippen LogP contribution in [0.1, 0.15) is 57.9 Å². The molecule has 2 heteroatoms. The van der Waals surface area contributed by atoms with Crippen molar-refractivity contribution < 1.29 is 4.74 Å². The lowest BCUT2D eigenvalue weighted by molar-refractivity contribution is 0.316. The molecule has 1 aliphatic carbocycles. The highest BCUT2D eigenvalue weighted by Gasteiger charge is 2.29. The molecule has 2 N–H and O–H groups in total. The summed E-state index contributed by atoms with van der Waals surface area (Å²) in [5, 5.41) is 0. The first-order chi connectivity index (χ1) is 9.14. The van der Waals surface area contributed by atoms with Crippen molar-refractivity contribution in [1.29, 1.82) is 0 Å². The average molecular weight is 261 g/mol. The summed E-state index contributed by atoms with van der Waals surface area (Å²) in [4.78, 5) is 0. The summed E-state index contributed by atoms with van der Waals surface area (Å²) in [6, 6.07) is 8.43. The van der Waals surface area contributed by atoms with E-state index in [9.17, 15) is 0 Å². The first-order valence-electron chi connectivity index (χ1n) is 7.66. The van der Waals surface area contributed by atoms with Gasteiger partial charge in [0.05, 0.1) is 6.61 Å². The van der Waals surface area contributed by atoms with E-state index < -0.39 is 0 Å². The highest BCUT2D eigenvalue weighted by atomic mass is 16.5. The van der Waals surface area contributed by atoms with E-state index in [0.717, 1.165) is 37.5 Å². The SMILES string of the molecule is CCCOc1ccc(C2(N)CCCC(C)CC2)cc1. The molecular weight excluding hydrogens is 234 g/mol. The predicted octanol–water partition coefficient (Wildman–Crippen LogP) is 4.23. The summed E-state index contributed by atoms with van der Waals surface area (Å²) in [5.41, 5.74) is 7.79. The normalized spacial score (nSPS) is 27.8. The van der Waals surface area contributed by atoms with Crippen LogP contribution in [0.4, 0.5) is 0 Å². The second-order valence-electron chi connectivity index (χ2n) is 6.07. The fourth-order valence-corrected chi connectivity index (χ4v) is 2.93. The van der Waals surface area contributed by atoms with Crippen LogP contribution in [0.3, 0.4) is 0 Å². The third kappa shape index (κ3) is 3.73. The molecule has 2 rings (SSSR count). The van der Waals surface area contributed by atoms with Crippen molar-refractivity contribution in [2.45, 2.75) is 57.9 Å². The van der Waals surface area contributed by atoms with E-state index in [-0.39, 0.29) is 5.54 Å². The number of benzene rings is 1. The Bertz CT molecular complexity index is 387. The highest BCUT2D eigenvalue weighted by molar-refractivity contribution is 5.32. The molecule has 1 aliphatic rings. The monoisotopic (exact) mass is 261 g/mol. The largest absolute Gasteiger partial charge is 0.494 e. The summed E-state index contributed by atoms with van der Waals surface area (Å²) in [6.07, 6.45) is 7.04. The number of hydrogen-bond donors (Lipinski definition) is 1. The van der Waals surface area contributed by atoms with Crippen LogP contribution in [0, 0.1) is 5.92 Å². The molecule has 1 aromatic carbocycles. The quantitative estimate of drug-likeness (QED) is 0.823. The Morgan fingerprint density at radius 3 is 2.63 bits per heavy atom. The Balaban J connectivity index is 2.07. The molecule has 1 fully saturated rings. The molecule has 2 atom stereocenters. The molecule has 2 unspecified atom stereocenters. The Hall–Kier alpha value is -1.02. The predicted molar refractivity (Wildman–Crippen MR) is 80.3 cm³/mol. The third-order valence-corrected chi connectivity index (χ3v) is 4.31. The van der Waals surface area contributed by atoms with E-state index in [1.165, 1.54) is 24.8 Å². The van der Waals surface area contributed by atoms with Gasteiger partial charge in [-0.05, 0) is 49.3 Å². The molecule has 19 heavy (non-hydrogen) atoms. The second kappa shape index (κ2) is 6.42. The van der Waals surface area contributed by atoms with E-state index in [2.05, 4.69) is 38.1 Å². The topological polar surface area (TPSA) is 35.2 Å². The zero-order valence-corrected chi connectivity index (χ0v) is 12.3. The Labute approximate surface area is 117 Å². The van der Waals surface area contributed by atoms with Gasteiger partial charge in [0.15, 0.2) is 0 Å². The van der Waals surface area contributed by atoms with E-state index in [1.54, 1.807) is 0 Å². The van der Waals surface area contributed by atoms with Gasteiger partial charge in [0.25, 0.3) is 0 Å². The number of hydrogen-bond acceptors (Lipinski definition) is 2. The highest BCUT2D eigenvalue weighted by Crippen LogP contribution is 2.36. The standard InChI is InChI=1S/C17H27NO/c1-3-13-19-16-8-6-15(7-9-16)17(18)11-4-5-14(2)10-12-17/h6-9,14H,3-5,10-13,18H2,1-2H3. The van der Waals surface area contributed by atoms with Gasteiger partial charge in [0.1, 0.15) is 5.75 Å². The van der Waals surface area contributed by atoms with Gasteiger partial charge < -0.3 is 10.5 Å². The molecule has 0 radical (unpaired) electrons. The summed E-state index contributed by atoms with van der Waals surface area (Å²) < 4.78 is 5.63. The molecule has 0 heterocycles. The minimum Gasteiger partial charge on any atom is -0.494 e. The zero-order valence-electron chi connectivity index (χ0n) is 12.3. The van der Waals surface area contributed by atoms with Gasteiger partial charge in [0.2, 0.25) is 0 Å². The van der Waals surface area contributed by atoms with Gasteiger partial charge in [-0.25, -0.2) is 0 Å². The van der Waals surface area contributed by atoms with Gasteiger partial charge in [-0.1, -0.05) is 38.8 Å². The molecule has 106 valence electrons. The summed E-state index contributed by atoms with van der Waals surface area (Å²) in [6.45, 7) is 5.24. The van der Waals surface area contributed by atoms with E-state index >= 15 is 0 Å². The van der Waals surface area contributed by atoms with Crippen molar-refractivity contribution in [3.8, 4) is 5.75 Å². The van der Waals surface area contributed by atoms with Crippen LogP contribution < -0.4 is 10.5 Å². The molecule has 0 bridgehead atoms. The van der Waals surface area contributed by atoms with Crippen LogP contribution in [-0.2, 0) is 5.54 Å². The molecule has 1 saturated carbocycles. The third-order valence-electron chi connectivity index (χ3n) is 4.31. The maximum absolute atomic E-state index is 6.65. The van der Waals surface area contributed by atoms with Gasteiger partial charge in [0, 0.05) is 5.54 Å². The molecular formula is C17H27NO. The molecule has 2 nitrogen and oxygen atoms in total. The molecule has 0 aliphatic heterocycles. The number of rotatable bonds is 4. The van der Waals surface area contributed by atoms with Crippen LogP contribution in [0.15, 0.2) is 24.3 Å². The molecule has 0 saturated heterocycles. The molecule has 0 amide bonds. The van der Waals surface area contributed by atoms with Crippen molar-refractivity contribution in [3.63, 3.8) is 0 Å². The van der Waals surface area contributed by atoms with Gasteiger partial charge in [-0.3, -0.25) is 0 Å². The fourth-order valence-electron chi connectivity index (χ4n) is 2.93. The zero-order chi connectivity index (χ0) is 13.7. The molecule has 0 spiro atoms. The minimum absolute atomic E-state index is 0.131. The van der Waals surface area contributed by atoms with Gasteiger partial charge >= 0.3 is 0 Å². The van der Waals surface area contributed by atoms with E-state index in [1.807, 2.05) is 0 Å². The molecule has 1 aromatic rings. The lowest BCUT2D eigenvalue weighted by atomic mass is 9.83. The maximum atomic E-state index is 6.65. The Kier molecular flexibility index (Phi) is 4.87. The Morgan fingerprint density at radius 2 is 1.95 bits per heavy atom. The first kappa shape index (κ1) is 14.4. The summed E-state index contributed by atoms with van der Waals surface area (Å²) in [5.74, 6) is 1.77. The van der Waals surface area contributed by atoms with Crippen LogP contribution in [0.2, 0.25) is 0 Å². The van der Waals surface area contributed by atoms with Crippen LogP contribution in [-0.4, -0.2) is 6.61 Å². The van der Waals surface area contributed by atoms with Gasteiger partial charge in [-0.15, -0.1) is 0 Å². The van der Waals surface area contributed by atoms with Crippen molar-refractivity contribution >= 4 is 0 Å². The second-order valence-corrected chi connectivity index (χ2v) is 6.07. The van der Waals surface area contributed by atoms with Crippen LogP contribution in [0.5, 0.6) is 5.75 Å². The smallest absolute Gasteiger partial charge is 0.119 e. The fraction of sp³-hybridized carbons (Fsp3) is 0.647. The first-order valence-corrected chi connectivity index (χ1v) is 7.66. The van der Waals surface area contributed by atoms with Crippen LogP contribution in [0.25, 0.3) is 0 Å². The maximum Gasteiger partial charge on any atom is 0.119 e. The van der Waals surface area contributed by atoms with Crippen molar-refractivity contribution in [2.75, 3.05) is 6.61 Å². The number of ether oxygens (including phenoxy) is 1. The lowest BCUT2D eigenvalue weighted by Gasteiger charge is -2.29. The van der Waals surface area contributed by atoms with E-state index in [0.29, 0.717) is 0 Å². The van der Waals surface area contributed by atoms with Gasteiger partial charge in [-0.2, -0.15) is 0 Å². The average Bonchev–Trinajstić information content (AvgIpc) is 2.60. The molecule has 0 aromatic heterocycles.